The minimum absolute atomic E-state index is 0.278. The van der Waals surface area contributed by atoms with Crippen LogP contribution in [0.4, 0.5) is 11.4 Å². The van der Waals surface area contributed by atoms with Crippen LogP contribution in [0.15, 0.2) is 121 Å². The second-order valence-corrected chi connectivity index (χ2v) is 9.17. The zero-order chi connectivity index (χ0) is 23.1. The molecule has 1 nitrogen and oxygen atoms in total. The Kier molecular flexibility index (Phi) is 5.04. The van der Waals surface area contributed by atoms with Crippen molar-refractivity contribution < 1.29 is 0 Å². The van der Waals surface area contributed by atoms with Crippen molar-refractivity contribution in [2.24, 2.45) is 0 Å². The summed E-state index contributed by atoms with van der Waals surface area (Å²) in [5.41, 5.74) is 5.00. The molecule has 6 rings (SSSR count). The number of rotatable bonds is 4. The van der Waals surface area contributed by atoms with Crippen molar-refractivity contribution in [3.63, 3.8) is 0 Å². The number of hydrogen-bond acceptors (Lipinski definition) is 1. The molecular formula is C33H27N. The summed E-state index contributed by atoms with van der Waals surface area (Å²) in [7, 11) is 0. The molecule has 1 heteroatoms. The highest BCUT2D eigenvalue weighted by Crippen LogP contribution is 2.43. The predicted molar refractivity (Wildman–Crippen MR) is 148 cm³/mol. The third-order valence-corrected chi connectivity index (χ3v) is 6.77. The van der Waals surface area contributed by atoms with Crippen LogP contribution in [0.1, 0.15) is 13.8 Å². The van der Waals surface area contributed by atoms with Crippen molar-refractivity contribution in [1.82, 2.24) is 0 Å². The topological polar surface area (TPSA) is 3.24 Å². The number of benzene rings is 6. The van der Waals surface area contributed by atoms with E-state index >= 15 is 0 Å². The van der Waals surface area contributed by atoms with Gasteiger partial charge in [-0.3, -0.25) is 0 Å². The van der Waals surface area contributed by atoms with Crippen molar-refractivity contribution in [3.05, 3.63) is 121 Å². The van der Waals surface area contributed by atoms with E-state index in [2.05, 4.69) is 140 Å². The lowest BCUT2D eigenvalue weighted by Crippen LogP contribution is -2.26. The van der Waals surface area contributed by atoms with Gasteiger partial charge in [0.15, 0.2) is 0 Å². The minimum Gasteiger partial charge on any atom is -0.338 e. The van der Waals surface area contributed by atoms with E-state index in [4.69, 9.17) is 0 Å². The summed E-state index contributed by atoms with van der Waals surface area (Å²) in [6.07, 6.45) is 0. The van der Waals surface area contributed by atoms with Crippen LogP contribution in [0.25, 0.3) is 43.4 Å². The molecule has 34 heavy (non-hydrogen) atoms. The van der Waals surface area contributed by atoms with E-state index in [0.29, 0.717) is 0 Å². The van der Waals surface area contributed by atoms with Gasteiger partial charge in [0.05, 0.1) is 0 Å². The first-order valence-corrected chi connectivity index (χ1v) is 12.0. The maximum absolute atomic E-state index is 2.51. The largest absolute Gasteiger partial charge is 0.338 e. The highest BCUT2D eigenvalue weighted by atomic mass is 15.2. The Hall–Kier alpha value is -4.10. The molecular weight excluding hydrogens is 410 g/mol. The van der Waals surface area contributed by atoms with Crippen LogP contribution in [-0.2, 0) is 0 Å². The molecule has 0 saturated carbocycles. The summed E-state index contributed by atoms with van der Waals surface area (Å²) in [5, 5.41) is 7.69. The third kappa shape index (κ3) is 3.33. The van der Waals surface area contributed by atoms with Gasteiger partial charge in [0.2, 0.25) is 0 Å². The van der Waals surface area contributed by atoms with Gasteiger partial charge in [-0.1, -0.05) is 109 Å². The number of para-hydroxylation sites is 1. The molecule has 0 radical (unpaired) electrons. The third-order valence-electron chi connectivity index (χ3n) is 6.77. The van der Waals surface area contributed by atoms with Crippen molar-refractivity contribution in [2.45, 2.75) is 19.9 Å². The highest BCUT2D eigenvalue weighted by Gasteiger charge is 2.21. The van der Waals surface area contributed by atoms with E-state index in [9.17, 15) is 0 Å². The maximum Gasteiger partial charge on any atom is 0.0499 e. The molecule has 0 atom stereocenters. The molecule has 0 amide bonds. The Morgan fingerprint density at radius 2 is 1.00 bits per heavy atom. The fourth-order valence-corrected chi connectivity index (χ4v) is 5.29. The predicted octanol–water partition coefficient (Wildman–Crippen LogP) is 9.36. The lowest BCUT2D eigenvalue weighted by molar-refractivity contribution is 0.792. The standard InChI is InChI=1S/C33H27N/c1-23(2)34(33-22-25-13-4-6-16-27(25)28-17-7-8-19-31(28)33)32-21-10-9-18-30(32)29-20-11-14-24-12-3-5-15-26(24)29/h3-23H,1-2H3. The van der Waals surface area contributed by atoms with Crippen molar-refractivity contribution in [3.8, 4) is 11.1 Å². The van der Waals surface area contributed by atoms with Crippen LogP contribution in [0, 0.1) is 0 Å². The van der Waals surface area contributed by atoms with Gasteiger partial charge in [0, 0.05) is 28.4 Å². The summed E-state index contributed by atoms with van der Waals surface area (Å²) < 4.78 is 0. The van der Waals surface area contributed by atoms with E-state index in [1.807, 2.05) is 0 Å². The number of hydrogen-bond donors (Lipinski definition) is 0. The molecule has 0 bridgehead atoms. The van der Waals surface area contributed by atoms with Gasteiger partial charge in [0.25, 0.3) is 0 Å². The van der Waals surface area contributed by atoms with Gasteiger partial charge in [-0.05, 0) is 58.5 Å². The number of nitrogens with zero attached hydrogens (tertiary/aromatic N) is 1. The SMILES string of the molecule is CC(C)N(c1ccccc1-c1cccc2ccccc12)c1cc2ccccc2c2ccccc12. The molecule has 0 heterocycles. The Balaban J connectivity index is 1.65. The van der Waals surface area contributed by atoms with Crippen LogP contribution < -0.4 is 4.90 Å². The number of fused-ring (bicyclic) bond motifs is 4. The van der Waals surface area contributed by atoms with Crippen molar-refractivity contribution >= 4 is 43.7 Å². The number of anilines is 2. The van der Waals surface area contributed by atoms with Gasteiger partial charge in [-0.15, -0.1) is 0 Å². The maximum atomic E-state index is 2.51. The zero-order valence-electron chi connectivity index (χ0n) is 19.6. The molecule has 6 aromatic rings. The Morgan fingerprint density at radius 1 is 0.441 bits per heavy atom. The van der Waals surface area contributed by atoms with Crippen molar-refractivity contribution in [2.75, 3.05) is 4.90 Å². The van der Waals surface area contributed by atoms with Gasteiger partial charge in [-0.2, -0.15) is 0 Å². The van der Waals surface area contributed by atoms with Crippen molar-refractivity contribution in [1.29, 1.82) is 0 Å². The Labute approximate surface area is 200 Å². The van der Waals surface area contributed by atoms with Crippen LogP contribution >= 0.6 is 0 Å². The van der Waals surface area contributed by atoms with E-state index in [0.717, 1.165) is 0 Å². The average Bonchev–Trinajstić information content (AvgIpc) is 2.89. The first-order valence-electron chi connectivity index (χ1n) is 12.0. The summed E-state index contributed by atoms with van der Waals surface area (Å²) >= 11 is 0. The second-order valence-electron chi connectivity index (χ2n) is 9.17. The monoisotopic (exact) mass is 437 g/mol. The lowest BCUT2D eigenvalue weighted by atomic mass is 9.95. The smallest absolute Gasteiger partial charge is 0.0499 e. The molecule has 0 aliphatic heterocycles. The van der Waals surface area contributed by atoms with E-state index in [1.54, 1.807) is 0 Å². The molecule has 0 saturated heterocycles. The summed E-state index contributed by atoms with van der Waals surface area (Å²) in [4.78, 5) is 2.51. The van der Waals surface area contributed by atoms with E-state index in [1.165, 1.54) is 54.8 Å². The fourth-order valence-electron chi connectivity index (χ4n) is 5.29. The first-order chi connectivity index (χ1) is 16.7. The Bertz CT molecular complexity index is 1640. The van der Waals surface area contributed by atoms with Gasteiger partial charge in [-0.25, -0.2) is 0 Å². The summed E-state index contributed by atoms with van der Waals surface area (Å²) in [6, 6.07) is 44.2. The average molecular weight is 438 g/mol. The fraction of sp³-hybridized carbons (Fsp3) is 0.0909. The molecule has 0 aliphatic rings. The van der Waals surface area contributed by atoms with Crippen LogP contribution in [-0.4, -0.2) is 6.04 Å². The van der Waals surface area contributed by atoms with E-state index < -0.39 is 0 Å². The van der Waals surface area contributed by atoms with E-state index in [-0.39, 0.29) is 6.04 Å². The summed E-state index contributed by atoms with van der Waals surface area (Å²) in [5.74, 6) is 0. The second kappa shape index (κ2) is 8.35. The van der Waals surface area contributed by atoms with Crippen LogP contribution in [0.3, 0.4) is 0 Å². The molecule has 164 valence electrons. The molecule has 0 N–H and O–H groups in total. The minimum atomic E-state index is 0.278. The summed E-state index contributed by atoms with van der Waals surface area (Å²) in [6.45, 7) is 4.56. The van der Waals surface area contributed by atoms with Gasteiger partial charge < -0.3 is 4.90 Å². The molecule has 6 aromatic carbocycles. The van der Waals surface area contributed by atoms with Crippen LogP contribution in [0.5, 0.6) is 0 Å². The quantitative estimate of drug-likeness (QED) is 0.248. The van der Waals surface area contributed by atoms with Gasteiger partial charge >= 0.3 is 0 Å². The normalized spacial score (nSPS) is 11.5. The molecule has 0 spiro atoms. The van der Waals surface area contributed by atoms with Gasteiger partial charge in [0.1, 0.15) is 0 Å². The molecule has 0 aromatic heterocycles. The highest BCUT2D eigenvalue weighted by molar-refractivity contribution is 6.14. The molecule has 0 aliphatic carbocycles. The Morgan fingerprint density at radius 3 is 1.79 bits per heavy atom. The molecule has 0 unspecified atom stereocenters. The lowest BCUT2D eigenvalue weighted by Gasteiger charge is -2.33. The molecule has 0 fully saturated rings. The van der Waals surface area contributed by atoms with Crippen LogP contribution in [0.2, 0.25) is 0 Å². The first kappa shape index (κ1) is 20.5. The zero-order valence-corrected chi connectivity index (χ0v) is 19.6.